The van der Waals surface area contributed by atoms with Crippen molar-refractivity contribution in [2.24, 2.45) is 0 Å². The van der Waals surface area contributed by atoms with Crippen LogP contribution < -0.4 is 0 Å². The van der Waals surface area contributed by atoms with Gasteiger partial charge in [-0.1, -0.05) is 0 Å². The maximum absolute atomic E-state index is 13.6. The highest BCUT2D eigenvalue weighted by Crippen LogP contribution is 2.27. The number of hydrogen-bond donors (Lipinski definition) is 1. The van der Waals surface area contributed by atoms with Gasteiger partial charge in [0.25, 0.3) is 0 Å². The quantitative estimate of drug-likeness (QED) is 0.388. The van der Waals surface area contributed by atoms with Crippen molar-refractivity contribution in [3.05, 3.63) is 57.2 Å². The molecule has 1 aromatic carbocycles. The molecule has 7 heteroatoms. The Morgan fingerprint density at radius 3 is 1.57 bits per heavy atom. The molecule has 0 aliphatic heterocycles. The van der Waals surface area contributed by atoms with E-state index in [9.17, 15) is 26.7 Å². The van der Waals surface area contributed by atoms with Gasteiger partial charge < -0.3 is 4.98 Å². The Kier molecular flexibility index (Phi) is 3.61. The van der Waals surface area contributed by atoms with E-state index in [1.165, 1.54) is 6.92 Å². The topological polar surface area (TPSA) is 32.9 Å². The minimum absolute atomic E-state index is 0.201. The van der Waals surface area contributed by atoms with Crippen molar-refractivity contribution in [1.29, 1.82) is 0 Å². The van der Waals surface area contributed by atoms with Crippen LogP contribution in [0.4, 0.5) is 22.0 Å². The zero-order valence-electron chi connectivity index (χ0n) is 11.3. The average Bonchev–Trinajstić information content (AvgIpc) is 2.70. The molecule has 21 heavy (non-hydrogen) atoms. The van der Waals surface area contributed by atoms with Gasteiger partial charge >= 0.3 is 0 Å². The van der Waals surface area contributed by atoms with E-state index in [1.54, 1.807) is 13.8 Å². The summed E-state index contributed by atoms with van der Waals surface area (Å²) in [5, 5.41) is 0. The number of nitrogens with one attached hydrogen (secondary N) is 1. The molecule has 2 nitrogen and oxygen atoms in total. The van der Waals surface area contributed by atoms with E-state index in [0.29, 0.717) is 16.8 Å². The van der Waals surface area contributed by atoms with Crippen LogP contribution in [0, 0.1) is 49.9 Å². The predicted octanol–water partition coefficient (Wildman–Crippen LogP) is 3.87. The number of hydrogen-bond acceptors (Lipinski definition) is 1. The number of ketones is 1. The molecular weight excluding hydrogens is 293 g/mol. The minimum Gasteiger partial charge on any atom is -0.356 e. The van der Waals surface area contributed by atoms with Gasteiger partial charge in [-0.3, -0.25) is 4.79 Å². The van der Waals surface area contributed by atoms with Crippen molar-refractivity contribution >= 4 is 5.78 Å². The fourth-order valence-corrected chi connectivity index (χ4v) is 2.00. The molecule has 2 aromatic rings. The second-order valence-electron chi connectivity index (χ2n) is 4.65. The molecule has 2 rings (SSSR count). The third-order valence-electron chi connectivity index (χ3n) is 3.48. The average molecular weight is 303 g/mol. The second kappa shape index (κ2) is 4.98. The van der Waals surface area contributed by atoms with Crippen molar-refractivity contribution in [3.8, 4) is 0 Å². The molecule has 1 heterocycles. The lowest BCUT2D eigenvalue weighted by molar-refractivity contribution is 0.102. The molecule has 0 saturated heterocycles. The summed E-state index contributed by atoms with van der Waals surface area (Å²) in [6, 6.07) is 0. The maximum atomic E-state index is 13.6. The summed E-state index contributed by atoms with van der Waals surface area (Å²) < 4.78 is 66.5. The Bertz CT molecular complexity index is 734. The highest BCUT2D eigenvalue weighted by Gasteiger charge is 2.31. The Morgan fingerprint density at radius 2 is 1.19 bits per heavy atom. The lowest BCUT2D eigenvalue weighted by Crippen LogP contribution is -2.14. The van der Waals surface area contributed by atoms with Crippen molar-refractivity contribution in [2.75, 3.05) is 0 Å². The monoisotopic (exact) mass is 303 g/mol. The van der Waals surface area contributed by atoms with Crippen molar-refractivity contribution in [1.82, 2.24) is 4.98 Å². The van der Waals surface area contributed by atoms with E-state index >= 15 is 0 Å². The van der Waals surface area contributed by atoms with Crippen LogP contribution in [0.5, 0.6) is 0 Å². The molecule has 1 aromatic heterocycles. The Hall–Kier alpha value is -2.18. The predicted molar refractivity (Wildman–Crippen MR) is 64.7 cm³/mol. The van der Waals surface area contributed by atoms with E-state index in [2.05, 4.69) is 4.98 Å². The number of aryl methyl sites for hydroxylation is 1. The number of carbonyl (C=O) groups excluding carboxylic acids is 1. The van der Waals surface area contributed by atoms with Gasteiger partial charge in [0.05, 0.1) is 5.69 Å². The molecule has 0 fully saturated rings. The van der Waals surface area contributed by atoms with Crippen LogP contribution >= 0.6 is 0 Å². The number of carbonyl (C=O) groups is 1. The summed E-state index contributed by atoms with van der Waals surface area (Å²) in [7, 11) is 0. The third-order valence-corrected chi connectivity index (χ3v) is 3.48. The van der Waals surface area contributed by atoms with Crippen molar-refractivity contribution in [2.45, 2.75) is 20.8 Å². The van der Waals surface area contributed by atoms with Gasteiger partial charge in [0.15, 0.2) is 23.3 Å². The molecule has 0 aliphatic rings. The number of benzene rings is 1. The summed E-state index contributed by atoms with van der Waals surface area (Å²) in [4.78, 5) is 14.7. The van der Waals surface area contributed by atoms with Gasteiger partial charge in [-0.2, -0.15) is 0 Å². The summed E-state index contributed by atoms with van der Waals surface area (Å²) in [5.74, 6) is -12.1. The van der Waals surface area contributed by atoms with Crippen LogP contribution in [0.2, 0.25) is 0 Å². The molecule has 112 valence electrons. The van der Waals surface area contributed by atoms with Crippen LogP contribution in [-0.4, -0.2) is 10.8 Å². The third kappa shape index (κ3) is 2.12. The first kappa shape index (κ1) is 15.2. The van der Waals surface area contributed by atoms with Gasteiger partial charge in [0, 0.05) is 5.69 Å². The zero-order chi connectivity index (χ0) is 16.1. The standard InChI is InChI=1S/C14H10F5NO/c1-4-5(2)13(20-6(4)3)14(21)7-8(15)10(17)12(19)11(18)9(7)16/h20H,1-3H3. The number of aromatic amines is 1. The largest absolute Gasteiger partial charge is 0.356 e. The highest BCUT2D eigenvalue weighted by molar-refractivity contribution is 6.09. The SMILES string of the molecule is Cc1[nH]c(C(=O)c2c(F)c(F)c(F)c(F)c2F)c(C)c1C. The van der Waals surface area contributed by atoms with E-state index in [0.717, 1.165) is 0 Å². The fraction of sp³-hybridized carbons (Fsp3) is 0.214. The molecule has 0 aliphatic carbocycles. The summed E-state index contributed by atoms with van der Waals surface area (Å²) >= 11 is 0. The van der Waals surface area contributed by atoms with Crippen molar-refractivity contribution in [3.63, 3.8) is 0 Å². The van der Waals surface area contributed by atoms with Crippen LogP contribution in [0.15, 0.2) is 0 Å². The van der Waals surface area contributed by atoms with Gasteiger partial charge in [-0.25, -0.2) is 22.0 Å². The van der Waals surface area contributed by atoms with Gasteiger partial charge in [-0.15, -0.1) is 0 Å². The van der Waals surface area contributed by atoms with E-state index in [4.69, 9.17) is 0 Å². The molecule has 0 radical (unpaired) electrons. The molecule has 0 unspecified atom stereocenters. The molecular formula is C14H10F5NO. The molecule has 0 bridgehead atoms. The van der Waals surface area contributed by atoms with Crippen LogP contribution in [0.25, 0.3) is 0 Å². The van der Waals surface area contributed by atoms with Gasteiger partial charge in [0.2, 0.25) is 11.6 Å². The molecule has 0 atom stereocenters. The first-order valence-corrected chi connectivity index (χ1v) is 5.90. The Morgan fingerprint density at radius 1 is 0.762 bits per heavy atom. The minimum atomic E-state index is -2.29. The first-order valence-electron chi connectivity index (χ1n) is 5.90. The van der Waals surface area contributed by atoms with Crippen LogP contribution in [0.1, 0.15) is 32.9 Å². The number of halogens is 5. The smallest absolute Gasteiger partial charge is 0.215 e. The number of aromatic nitrogens is 1. The summed E-state index contributed by atoms with van der Waals surface area (Å²) in [6.07, 6.45) is 0. The van der Waals surface area contributed by atoms with Crippen molar-refractivity contribution < 1.29 is 26.7 Å². The summed E-state index contributed by atoms with van der Waals surface area (Å²) in [6.45, 7) is 4.80. The van der Waals surface area contributed by atoms with Gasteiger partial charge in [0.1, 0.15) is 5.56 Å². The van der Waals surface area contributed by atoms with Crippen LogP contribution in [0.3, 0.4) is 0 Å². The number of rotatable bonds is 2. The number of H-pyrrole nitrogens is 1. The lowest BCUT2D eigenvalue weighted by atomic mass is 10.0. The molecule has 0 spiro atoms. The van der Waals surface area contributed by atoms with E-state index in [-0.39, 0.29) is 5.69 Å². The second-order valence-corrected chi connectivity index (χ2v) is 4.65. The van der Waals surface area contributed by atoms with E-state index in [1.807, 2.05) is 0 Å². The normalized spacial score (nSPS) is 11.0. The Balaban J connectivity index is 2.73. The maximum Gasteiger partial charge on any atom is 0.215 e. The summed E-state index contributed by atoms with van der Waals surface area (Å²) in [5.41, 5.74) is -0.0349. The Labute approximate surface area is 116 Å². The lowest BCUT2D eigenvalue weighted by Gasteiger charge is -2.07. The molecule has 0 amide bonds. The highest BCUT2D eigenvalue weighted by atomic mass is 19.2. The fourth-order valence-electron chi connectivity index (χ4n) is 2.00. The first-order chi connectivity index (χ1) is 9.68. The van der Waals surface area contributed by atoms with Crippen LogP contribution in [-0.2, 0) is 0 Å². The molecule has 1 N–H and O–H groups in total. The molecule has 0 saturated carbocycles. The van der Waals surface area contributed by atoms with Gasteiger partial charge in [-0.05, 0) is 31.9 Å². The van der Waals surface area contributed by atoms with E-state index < -0.39 is 40.4 Å². The zero-order valence-corrected chi connectivity index (χ0v) is 11.3.